The maximum atomic E-state index is 13.7. The first-order chi connectivity index (χ1) is 10.9. The van der Waals surface area contributed by atoms with Crippen molar-refractivity contribution in [2.75, 3.05) is 13.1 Å². The van der Waals surface area contributed by atoms with E-state index in [-0.39, 0.29) is 11.7 Å². The maximum absolute atomic E-state index is 13.7. The van der Waals surface area contributed by atoms with E-state index in [9.17, 15) is 4.39 Å². The minimum Gasteiger partial charge on any atom is -0.402 e. The van der Waals surface area contributed by atoms with Gasteiger partial charge in [-0.05, 0) is 55.9 Å². The lowest BCUT2D eigenvalue weighted by Gasteiger charge is -2.24. The Labute approximate surface area is 140 Å². The molecule has 1 aromatic carbocycles. The van der Waals surface area contributed by atoms with Crippen molar-refractivity contribution in [2.45, 2.75) is 52.9 Å². The summed E-state index contributed by atoms with van der Waals surface area (Å²) in [6.07, 6.45) is 2.78. The van der Waals surface area contributed by atoms with Crippen molar-refractivity contribution >= 4 is 11.5 Å². The number of aliphatic imine (C=N–C) groups is 1. The first-order valence-electron chi connectivity index (χ1n) is 8.41. The molecule has 0 aliphatic heterocycles. The van der Waals surface area contributed by atoms with Crippen molar-refractivity contribution in [3.63, 3.8) is 0 Å². The number of hydrogen-bond acceptors (Lipinski definition) is 2. The van der Waals surface area contributed by atoms with Gasteiger partial charge in [0.15, 0.2) is 0 Å². The van der Waals surface area contributed by atoms with Crippen LogP contribution in [0.5, 0.6) is 0 Å². The molecule has 0 bridgehead atoms. The molecule has 4 heteroatoms. The SMILES string of the molecule is C=C(N)CC(C)c1cc(F)ccc1N=C(C)N(CCC)CCC. The summed E-state index contributed by atoms with van der Waals surface area (Å²) in [5.74, 6) is 0.811. The molecule has 1 unspecified atom stereocenters. The standard InChI is InChI=1S/C19H30FN3/c1-6-10-23(11-7-2)16(5)22-19-9-8-17(20)13-18(19)14(3)12-15(4)21/h8-9,13-14H,4,6-7,10-12,21H2,1-3,5H3. The van der Waals surface area contributed by atoms with Crippen LogP contribution in [0.3, 0.4) is 0 Å². The Morgan fingerprint density at radius 2 is 1.91 bits per heavy atom. The van der Waals surface area contributed by atoms with E-state index in [0.717, 1.165) is 43.0 Å². The van der Waals surface area contributed by atoms with E-state index in [4.69, 9.17) is 10.7 Å². The molecule has 3 nitrogen and oxygen atoms in total. The minimum absolute atomic E-state index is 0.0838. The summed E-state index contributed by atoms with van der Waals surface area (Å²) in [5, 5.41) is 0. The third kappa shape index (κ3) is 6.05. The Balaban J connectivity index is 3.15. The van der Waals surface area contributed by atoms with E-state index < -0.39 is 0 Å². The number of hydrogen-bond donors (Lipinski definition) is 1. The van der Waals surface area contributed by atoms with Crippen molar-refractivity contribution in [2.24, 2.45) is 10.7 Å². The van der Waals surface area contributed by atoms with E-state index in [1.54, 1.807) is 12.1 Å². The van der Waals surface area contributed by atoms with Crippen LogP contribution in [0.25, 0.3) is 0 Å². The highest BCUT2D eigenvalue weighted by molar-refractivity contribution is 5.83. The van der Waals surface area contributed by atoms with Gasteiger partial charge in [0.25, 0.3) is 0 Å². The van der Waals surface area contributed by atoms with Crippen molar-refractivity contribution < 1.29 is 4.39 Å². The van der Waals surface area contributed by atoms with Crippen LogP contribution in [-0.4, -0.2) is 23.8 Å². The summed E-state index contributed by atoms with van der Waals surface area (Å²) in [6, 6.07) is 4.77. The number of halogens is 1. The van der Waals surface area contributed by atoms with Crippen molar-refractivity contribution in [3.8, 4) is 0 Å². The zero-order valence-electron chi connectivity index (χ0n) is 14.9. The average molecular weight is 319 g/mol. The Morgan fingerprint density at radius 3 is 2.43 bits per heavy atom. The molecule has 23 heavy (non-hydrogen) atoms. The molecule has 128 valence electrons. The summed E-state index contributed by atoms with van der Waals surface area (Å²) in [7, 11) is 0. The summed E-state index contributed by atoms with van der Waals surface area (Å²) in [4.78, 5) is 7.05. The second-order valence-electron chi connectivity index (χ2n) is 6.11. The molecule has 0 aliphatic rings. The van der Waals surface area contributed by atoms with Crippen LogP contribution in [0.1, 0.15) is 58.4 Å². The molecule has 0 fully saturated rings. The van der Waals surface area contributed by atoms with Gasteiger partial charge in [0, 0.05) is 18.8 Å². The lowest BCUT2D eigenvalue weighted by molar-refractivity contribution is 0.414. The third-order valence-corrected chi connectivity index (χ3v) is 3.82. The molecule has 0 spiro atoms. The topological polar surface area (TPSA) is 41.6 Å². The molecule has 0 amide bonds. The molecular weight excluding hydrogens is 289 g/mol. The Hall–Kier alpha value is -1.84. The smallest absolute Gasteiger partial charge is 0.123 e. The van der Waals surface area contributed by atoms with Crippen LogP contribution in [0.15, 0.2) is 35.5 Å². The number of nitrogens with two attached hydrogens (primary N) is 1. The van der Waals surface area contributed by atoms with E-state index >= 15 is 0 Å². The van der Waals surface area contributed by atoms with E-state index in [0.29, 0.717) is 12.1 Å². The molecule has 1 aromatic rings. The van der Waals surface area contributed by atoms with Gasteiger partial charge in [-0.2, -0.15) is 0 Å². The molecular formula is C19H30FN3. The normalized spacial score (nSPS) is 13.0. The van der Waals surface area contributed by atoms with Crippen LogP contribution in [-0.2, 0) is 0 Å². The number of allylic oxidation sites excluding steroid dienone is 1. The highest BCUT2D eigenvalue weighted by atomic mass is 19.1. The van der Waals surface area contributed by atoms with Gasteiger partial charge in [-0.3, -0.25) is 0 Å². The fraction of sp³-hybridized carbons (Fsp3) is 0.526. The molecule has 0 heterocycles. The summed E-state index contributed by atoms with van der Waals surface area (Å²) >= 11 is 0. The third-order valence-electron chi connectivity index (χ3n) is 3.82. The van der Waals surface area contributed by atoms with Crippen molar-refractivity contribution in [1.29, 1.82) is 0 Å². The maximum Gasteiger partial charge on any atom is 0.123 e. The molecule has 0 radical (unpaired) electrons. The fourth-order valence-electron chi connectivity index (χ4n) is 2.75. The minimum atomic E-state index is -0.245. The van der Waals surface area contributed by atoms with Gasteiger partial charge >= 0.3 is 0 Å². The lowest BCUT2D eigenvalue weighted by atomic mass is 9.95. The molecule has 2 N–H and O–H groups in total. The van der Waals surface area contributed by atoms with Crippen LogP contribution in [0, 0.1) is 5.82 Å². The number of rotatable bonds is 8. The quantitative estimate of drug-likeness (QED) is 0.543. The van der Waals surface area contributed by atoms with Crippen LogP contribution in [0.2, 0.25) is 0 Å². The van der Waals surface area contributed by atoms with E-state index in [1.165, 1.54) is 6.07 Å². The van der Waals surface area contributed by atoms with E-state index in [2.05, 4.69) is 25.3 Å². The average Bonchev–Trinajstić information content (AvgIpc) is 2.48. The van der Waals surface area contributed by atoms with Gasteiger partial charge in [0.05, 0.1) is 5.69 Å². The van der Waals surface area contributed by atoms with Gasteiger partial charge in [0.1, 0.15) is 11.7 Å². The molecule has 0 aliphatic carbocycles. The largest absolute Gasteiger partial charge is 0.402 e. The summed E-state index contributed by atoms with van der Waals surface area (Å²) in [6.45, 7) is 14.1. The number of amidine groups is 1. The van der Waals surface area contributed by atoms with Gasteiger partial charge < -0.3 is 10.6 Å². The number of benzene rings is 1. The molecule has 0 saturated carbocycles. The van der Waals surface area contributed by atoms with E-state index in [1.807, 2.05) is 13.8 Å². The van der Waals surface area contributed by atoms with Crippen LogP contribution < -0.4 is 5.73 Å². The monoisotopic (exact) mass is 319 g/mol. The highest BCUT2D eigenvalue weighted by Gasteiger charge is 2.13. The van der Waals surface area contributed by atoms with Gasteiger partial charge in [-0.1, -0.05) is 27.4 Å². The number of nitrogens with zero attached hydrogens (tertiary/aromatic N) is 2. The summed E-state index contributed by atoms with van der Waals surface area (Å²) in [5.41, 5.74) is 8.01. The van der Waals surface area contributed by atoms with Crippen molar-refractivity contribution in [3.05, 3.63) is 41.9 Å². The summed E-state index contributed by atoms with van der Waals surface area (Å²) < 4.78 is 13.7. The lowest BCUT2D eigenvalue weighted by Crippen LogP contribution is -2.30. The predicted octanol–water partition coefficient (Wildman–Crippen LogP) is 4.96. The van der Waals surface area contributed by atoms with Crippen molar-refractivity contribution in [1.82, 2.24) is 4.90 Å². The first kappa shape index (κ1) is 19.2. The van der Waals surface area contributed by atoms with Gasteiger partial charge in [0.2, 0.25) is 0 Å². The zero-order chi connectivity index (χ0) is 17.4. The Morgan fingerprint density at radius 1 is 1.30 bits per heavy atom. The van der Waals surface area contributed by atoms with Crippen LogP contribution in [0.4, 0.5) is 10.1 Å². The molecule has 0 saturated heterocycles. The van der Waals surface area contributed by atoms with Gasteiger partial charge in [-0.15, -0.1) is 0 Å². The molecule has 1 atom stereocenters. The zero-order valence-corrected chi connectivity index (χ0v) is 14.9. The Bertz CT molecular complexity index is 546. The van der Waals surface area contributed by atoms with Crippen LogP contribution >= 0.6 is 0 Å². The first-order valence-corrected chi connectivity index (χ1v) is 8.41. The Kier molecular flexibility index (Phi) is 7.79. The highest BCUT2D eigenvalue weighted by Crippen LogP contribution is 2.31. The molecule has 1 rings (SSSR count). The fourth-order valence-corrected chi connectivity index (χ4v) is 2.75. The molecule has 0 aromatic heterocycles. The predicted molar refractivity (Wildman–Crippen MR) is 97.7 cm³/mol. The second-order valence-corrected chi connectivity index (χ2v) is 6.11. The van der Waals surface area contributed by atoms with Gasteiger partial charge in [-0.25, -0.2) is 9.38 Å². The second kappa shape index (κ2) is 9.33.